The molecule has 0 aromatic heterocycles. The normalized spacial score (nSPS) is 12.2. The molecule has 1 amide bonds. The number of unbranched alkanes of at least 4 members (excludes halogenated alkanes) is 12. The van der Waals surface area contributed by atoms with Gasteiger partial charge in [0.25, 0.3) is 0 Å². The number of alkyl carbamates (subject to hydrolysis) is 1. The molecule has 0 bridgehead atoms. The zero-order chi connectivity index (χ0) is 22.4. The fourth-order valence-corrected chi connectivity index (χ4v) is 3.78. The minimum absolute atomic E-state index is 0.0785. The maximum Gasteiger partial charge on any atom is 0.407 e. The van der Waals surface area contributed by atoms with Crippen molar-refractivity contribution in [1.29, 1.82) is 0 Å². The maximum absolute atomic E-state index is 11.9. The number of ether oxygens (including phenoxy) is 1. The van der Waals surface area contributed by atoms with Crippen LogP contribution in [0.1, 0.15) is 109 Å². The molecule has 1 N–H and O–H groups in total. The van der Waals surface area contributed by atoms with Gasteiger partial charge in [-0.25, -0.2) is 4.79 Å². The van der Waals surface area contributed by atoms with Crippen LogP contribution in [0.15, 0.2) is 42.5 Å². The summed E-state index contributed by atoms with van der Waals surface area (Å²) >= 11 is 0. The second-order valence-electron chi connectivity index (χ2n) is 8.81. The number of hydrogen-bond acceptors (Lipinski definition) is 2. The van der Waals surface area contributed by atoms with Gasteiger partial charge in [0.2, 0.25) is 0 Å². The van der Waals surface area contributed by atoms with Gasteiger partial charge in [0.05, 0.1) is 6.61 Å². The molecule has 31 heavy (non-hydrogen) atoms. The van der Waals surface area contributed by atoms with Crippen molar-refractivity contribution in [3.63, 3.8) is 0 Å². The molecule has 0 spiro atoms. The number of carbonyl (C=O) groups excluding carboxylic acids is 1. The molecular weight excluding hydrogens is 382 g/mol. The van der Waals surface area contributed by atoms with Gasteiger partial charge in [-0.1, -0.05) is 107 Å². The van der Waals surface area contributed by atoms with Crippen molar-refractivity contribution < 1.29 is 9.53 Å². The number of hydrogen-bond donors (Lipinski definition) is 1. The van der Waals surface area contributed by atoms with E-state index in [1.807, 2.05) is 25.1 Å². The van der Waals surface area contributed by atoms with Gasteiger partial charge in [-0.3, -0.25) is 0 Å². The van der Waals surface area contributed by atoms with Gasteiger partial charge < -0.3 is 10.1 Å². The maximum atomic E-state index is 11.9. The van der Waals surface area contributed by atoms with E-state index < -0.39 is 0 Å². The smallest absolute Gasteiger partial charge is 0.407 e. The topological polar surface area (TPSA) is 38.3 Å². The SMILES string of the molecule is CCCCCCCC/C=C\CCCCCCCCOC(=O)N[C@@H](C)Cc1ccccc1. The van der Waals surface area contributed by atoms with E-state index in [9.17, 15) is 4.79 Å². The Bertz CT molecular complexity index is 555. The Balaban J connectivity index is 1.83. The molecule has 0 aliphatic heterocycles. The van der Waals surface area contributed by atoms with Gasteiger partial charge in [-0.05, 0) is 51.0 Å². The van der Waals surface area contributed by atoms with Crippen molar-refractivity contribution in [3.05, 3.63) is 48.0 Å². The van der Waals surface area contributed by atoms with Crippen molar-refractivity contribution in [1.82, 2.24) is 5.32 Å². The average Bonchev–Trinajstić information content (AvgIpc) is 2.76. The fourth-order valence-electron chi connectivity index (χ4n) is 3.78. The van der Waals surface area contributed by atoms with Crippen molar-refractivity contribution in [2.24, 2.45) is 0 Å². The second-order valence-corrected chi connectivity index (χ2v) is 8.81. The molecule has 3 nitrogen and oxygen atoms in total. The zero-order valence-corrected chi connectivity index (χ0v) is 20.2. The monoisotopic (exact) mass is 429 g/mol. The highest BCUT2D eigenvalue weighted by Crippen LogP contribution is 2.10. The molecule has 0 unspecified atom stereocenters. The molecule has 0 aliphatic rings. The number of allylic oxidation sites excluding steroid dienone is 2. The lowest BCUT2D eigenvalue weighted by Gasteiger charge is -2.14. The second kappa shape index (κ2) is 20.2. The summed E-state index contributed by atoms with van der Waals surface area (Å²) < 4.78 is 5.31. The summed E-state index contributed by atoms with van der Waals surface area (Å²) in [5, 5.41) is 2.92. The van der Waals surface area contributed by atoms with Crippen LogP contribution in [0.4, 0.5) is 4.79 Å². The quantitative estimate of drug-likeness (QED) is 0.177. The van der Waals surface area contributed by atoms with Gasteiger partial charge in [0.15, 0.2) is 0 Å². The highest BCUT2D eigenvalue weighted by molar-refractivity contribution is 5.67. The minimum Gasteiger partial charge on any atom is -0.450 e. The Morgan fingerprint density at radius 3 is 2.00 bits per heavy atom. The Labute approximate surface area is 192 Å². The summed E-state index contributed by atoms with van der Waals surface area (Å²) in [4.78, 5) is 11.9. The van der Waals surface area contributed by atoms with Crippen LogP contribution >= 0.6 is 0 Å². The van der Waals surface area contributed by atoms with Crippen LogP contribution in [-0.2, 0) is 11.2 Å². The van der Waals surface area contributed by atoms with Crippen molar-refractivity contribution >= 4 is 6.09 Å². The fraction of sp³-hybridized carbons (Fsp3) is 0.679. The van der Waals surface area contributed by atoms with Crippen molar-refractivity contribution in [2.75, 3.05) is 6.61 Å². The van der Waals surface area contributed by atoms with Crippen LogP contribution in [0.5, 0.6) is 0 Å². The van der Waals surface area contributed by atoms with E-state index in [0.29, 0.717) is 6.61 Å². The number of rotatable bonds is 19. The number of amides is 1. The first-order valence-corrected chi connectivity index (χ1v) is 12.8. The predicted molar refractivity (Wildman–Crippen MR) is 134 cm³/mol. The Kier molecular flexibility index (Phi) is 17.7. The average molecular weight is 430 g/mol. The Morgan fingerprint density at radius 1 is 0.839 bits per heavy atom. The first-order chi connectivity index (χ1) is 15.2. The summed E-state index contributed by atoms with van der Waals surface area (Å²) in [5.41, 5.74) is 1.23. The molecule has 0 heterocycles. The molecule has 0 aliphatic carbocycles. The molecular formula is C28H47NO2. The Hall–Kier alpha value is -1.77. The third kappa shape index (κ3) is 17.6. The summed E-state index contributed by atoms with van der Waals surface area (Å²) in [7, 11) is 0. The van der Waals surface area contributed by atoms with Crippen molar-refractivity contribution in [3.8, 4) is 0 Å². The van der Waals surface area contributed by atoms with Gasteiger partial charge >= 0.3 is 6.09 Å². The van der Waals surface area contributed by atoms with Crippen LogP contribution in [0.25, 0.3) is 0 Å². The van der Waals surface area contributed by atoms with E-state index in [4.69, 9.17) is 4.74 Å². The van der Waals surface area contributed by atoms with Gasteiger partial charge in [0, 0.05) is 6.04 Å². The van der Waals surface area contributed by atoms with E-state index >= 15 is 0 Å². The van der Waals surface area contributed by atoms with Gasteiger partial charge in [-0.2, -0.15) is 0 Å². The summed E-state index contributed by atoms with van der Waals surface area (Å²) in [5.74, 6) is 0. The first kappa shape index (κ1) is 27.3. The lowest BCUT2D eigenvalue weighted by atomic mass is 10.1. The lowest BCUT2D eigenvalue weighted by Crippen LogP contribution is -2.34. The molecule has 0 saturated carbocycles. The first-order valence-electron chi connectivity index (χ1n) is 12.8. The van der Waals surface area contributed by atoms with Crippen LogP contribution in [0.3, 0.4) is 0 Å². The largest absolute Gasteiger partial charge is 0.450 e. The van der Waals surface area contributed by atoms with Gasteiger partial charge in [0.1, 0.15) is 0 Å². The van der Waals surface area contributed by atoms with Crippen LogP contribution in [0, 0.1) is 0 Å². The van der Waals surface area contributed by atoms with Crippen molar-refractivity contribution in [2.45, 2.75) is 116 Å². The molecule has 1 aromatic rings. The van der Waals surface area contributed by atoms with E-state index in [1.165, 1.54) is 82.6 Å². The molecule has 1 aromatic carbocycles. The van der Waals surface area contributed by atoms with Crippen LogP contribution in [-0.4, -0.2) is 18.7 Å². The van der Waals surface area contributed by atoms with Gasteiger partial charge in [-0.15, -0.1) is 0 Å². The standard InChI is InChI=1S/C28H47NO2/c1-3-4-5-6-7-8-9-10-11-12-13-14-15-16-17-21-24-31-28(30)29-26(2)25-27-22-19-18-20-23-27/h10-11,18-20,22-23,26H,3-9,12-17,21,24-25H2,1-2H3,(H,29,30)/b11-10-/t26-/m0/s1. The third-order valence-electron chi connectivity index (χ3n) is 5.64. The van der Waals surface area contributed by atoms with E-state index in [2.05, 4.69) is 36.5 Å². The number of carbonyl (C=O) groups is 1. The molecule has 1 rings (SSSR count). The summed E-state index contributed by atoms with van der Waals surface area (Å²) in [6.45, 7) is 4.80. The Morgan fingerprint density at radius 2 is 1.39 bits per heavy atom. The third-order valence-corrected chi connectivity index (χ3v) is 5.64. The molecule has 0 radical (unpaired) electrons. The predicted octanol–water partition coefficient (Wildman–Crippen LogP) is 8.38. The minimum atomic E-state index is -0.295. The number of nitrogens with one attached hydrogen (secondary N) is 1. The number of benzene rings is 1. The highest BCUT2D eigenvalue weighted by atomic mass is 16.5. The molecule has 0 saturated heterocycles. The van der Waals surface area contributed by atoms with E-state index in [1.54, 1.807) is 0 Å². The molecule has 3 heteroatoms. The molecule has 0 fully saturated rings. The zero-order valence-electron chi connectivity index (χ0n) is 20.2. The van der Waals surface area contributed by atoms with E-state index in [-0.39, 0.29) is 12.1 Å². The van der Waals surface area contributed by atoms with Crippen LogP contribution < -0.4 is 5.32 Å². The summed E-state index contributed by atoms with van der Waals surface area (Å²) in [6, 6.07) is 10.3. The summed E-state index contributed by atoms with van der Waals surface area (Å²) in [6.07, 6.45) is 23.3. The molecule has 1 atom stereocenters. The molecule has 176 valence electrons. The van der Waals surface area contributed by atoms with Crippen LogP contribution in [0.2, 0.25) is 0 Å². The lowest BCUT2D eigenvalue weighted by molar-refractivity contribution is 0.140. The highest BCUT2D eigenvalue weighted by Gasteiger charge is 2.08. The van der Waals surface area contributed by atoms with E-state index in [0.717, 1.165) is 19.3 Å².